The molecule has 0 aliphatic rings. The summed E-state index contributed by atoms with van der Waals surface area (Å²) in [7, 11) is 0. The van der Waals surface area contributed by atoms with Gasteiger partial charge in [-0.3, -0.25) is 0 Å². The summed E-state index contributed by atoms with van der Waals surface area (Å²) in [6.07, 6.45) is 2.25. The van der Waals surface area contributed by atoms with Crippen LogP contribution in [-0.4, -0.2) is 16.7 Å². The zero-order valence-electron chi connectivity index (χ0n) is 6.98. The van der Waals surface area contributed by atoms with Gasteiger partial charge in [0.05, 0.1) is 0 Å². The summed E-state index contributed by atoms with van der Waals surface area (Å²) < 4.78 is 0.756. The highest BCUT2D eigenvalue weighted by Crippen LogP contribution is 2.20. The Hall–Kier alpha value is -0.160. The summed E-state index contributed by atoms with van der Waals surface area (Å²) in [5, 5.41) is 8.67. The van der Waals surface area contributed by atoms with Crippen LogP contribution in [0.3, 0.4) is 0 Å². The van der Waals surface area contributed by atoms with Gasteiger partial charge in [-0.05, 0) is 28.4 Å². The van der Waals surface area contributed by atoms with Crippen LogP contribution in [0.5, 0.6) is 0 Å². The van der Waals surface area contributed by atoms with Crippen molar-refractivity contribution in [2.75, 3.05) is 6.61 Å². The third kappa shape index (κ3) is 3.60. The second-order valence-corrected chi connectivity index (χ2v) is 3.25. The van der Waals surface area contributed by atoms with Crippen molar-refractivity contribution in [1.29, 1.82) is 0 Å². The number of hydrogen-bond acceptors (Lipinski definition) is 3. The molecule has 1 aromatic rings. The van der Waals surface area contributed by atoms with E-state index >= 15 is 0 Å². The van der Waals surface area contributed by atoms with Gasteiger partial charge in [-0.1, -0.05) is 6.07 Å². The minimum Gasteiger partial charge on any atom is -0.396 e. The van der Waals surface area contributed by atoms with Gasteiger partial charge in [0.15, 0.2) is 0 Å². The van der Waals surface area contributed by atoms with E-state index in [1.807, 2.05) is 12.1 Å². The zero-order chi connectivity index (χ0) is 8.97. The molecule has 0 aromatic carbocycles. The fourth-order valence-electron chi connectivity index (χ4n) is 0.970. The normalized spacial score (nSPS) is 11.9. The number of pyridine rings is 1. The Balaban J connectivity index is 0.00000144. The lowest BCUT2D eigenvalue weighted by atomic mass is 10.1. The maximum Gasteiger partial charge on any atom is 0.110 e. The van der Waals surface area contributed by atoms with Gasteiger partial charge in [0.2, 0.25) is 0 Å². The number of nitrogens with zero attached hydrogens (tertiary/aromatic N) is 1. The number of aliphatic hydroxyl groups excluding tert-OH is 1. The highest BCUT2D eigenvalue weighted by molar-refractivity contribution is 9.10. The van der Waals surface area contributed by atoms with Crippen molar-refractivity contribution in [3.63, 3.8) is 0 Å². The van der Waals surface area contributed by atoms with Gasteiger partial charge in [-0.15, -0.1) is 12.4 Å². The van der Waals surface area contributed by atoms with E-state index < -0.39 is 0 Å². The van der Waals surface area contributed by atoms with Crippen molar-refractivity contribution in [3.05, 3.63) is 28.5 Å². The van der Waals surface area contributed by atoms with Gasteiger partial charge in [0, 0.05) is 24.4 Å². The molecule has 0 aliphatic heterocycles. The van der Waals surface area contributed by atoms with Crippen LogP contribution < -0.4 is 5.73 Å². The first-order valence-electron chi connectivity index (χ1n) is 3.72. The maximum absolute atomic E-state index is 8.67. The molecule has 1 aromatic heterocycles. The predicted octanol–water partition coefficient (Wildman–Crippen LogP) is 1.65. The molecule has 74 valence electrons. The third-order valence-corrected chi connectivity index (χ3v) is 2.29. The van der Waals surface area contributed by atoms with Gasteiger partial charge in [0.25, 0.3) is 0 Å². The quantitative estimate of drug-likeness (QED) is 0.819. The Bertz CT molecular complexity index is 260. The van der Waals surface area contributed by atoms with Crippen LogP contribution in [0.4, 0.5) is 0 Å². The van der Waals surface area contributed by atoms with Crippen molar-refractivity contribution in [2.45, 2.75) is 12.5 Å². The van der Waals surface area contributed by atoms with Gasteiger partial charge in [-0.2, -0.15) is 0 Å². The molecule has 3 N–H and O–H groups in total. The van der Waals surface area contributed by atoms with Crippen molar-refractivity contribution < 1.29 is 5.11 Å². The van der Waals surface area contributed by atoms with E-state index in [0.29, 0.717) is 6.42 Å². The number of hydrogen-bond donors (Lipinski definition) is 2. The first-order valence-corrected chi connectivity index (χ1v) is 4.52. The lowest BCUT2D eigenvalue weighted by molar-refractivity contribution is 0.276. The smallest absolute Gasteiger partial charge is 0.110 e. The summed E-state index contributed by atoms with van der Waals surface area (Å²) in [6, 6.07) is 3.59. The lowest BCUT2D eigenvalue weighted by Gasteiger charge is -2.10. The largest absolute Gasteiger partial charge is 0.396 e. The molecule has 0 radical (unpaired) electrons. The average molecular weight is 268 g/mol. The highest BCUT2D eigenvalue weighted by atomic mass is 79.9. The molecule has 1 rings (SSSR count). The van der Waals surface area contributed by atoms with Gasteiger partial charge < -0.3 is 10.8 Å². The summed E-state index contributed by atoms with van der Waals surface area (Å²) in [5.74, 6) is 0. The molecule has 0 amide bonds. The Labute approximate surface area is 91.9 Å². The second-order valence-electron chi connectivity index (χ2n) is 2.50. The summed E-state index contributed by atoms with van der Waals surface area (Å²) in [5.41, 5.74) is 6.71. The standard InChI is InChI=1S/C8H11BrN2O.ClH/c9-8-6(2-1-4-11-8)7(10)3-5-12;/h1-2,4,7,12H,3,5,10H2;1H/t7-;/m1./s1. The molecule has 13 heavy (non-hydrogen) atoms. The lowest BCUT2D eigenvalue weighted by Crippen LogP contribution is -2.12. The Morgan fingerprint density at radius 1 is 1.62 bits per heavy atom. The Morgan fingerprint density at radius 3 is 2.85 bits per heavy atom. The number of aromatic nitrogens is 1. The summed E-state index contributed by atoms with van der Waals surface area (Å²) >= 11 is 3.29. The Kier molecular flexibility index (Phi) is 6.24. The van der Waals surface area contributed by atoms with Crippen molar-refractivity contribution in [2.24, 2.45) is 5.73 Å². The second kappa shape index (κ2) is 6.32. The van der Waals surface area contributed by atoms with E-state index in [4.69, 9.17) is 10.8 Å². The first-order chi connectivity index (χ1) is 5.75. The minimum atomic E-state index is -0.141. The SMILES string of the molecule is Cl.N[C@H](CCO)c1cccnc1Br. The third-order valence-electron chi connectivity index (χ3n) is 1.63. The van der Waals surface area contributed by atoms with Crippen LogP contribution in [0.2, 0.25) is 0 Å². The molecule has 0 fully saturated rings. The molecule has 1 atom stereocenters. The minimum absolute atomic E-state index is 0. The Morgan fingerprint density at radius 2 is 2.31 bits per heavy atom. The van der Waals surface area contributed by atoms with Crippen LogP contribution >= 0.6 is 28.3 Å². The number of rotatable bonds is 3. The van der Waals surface area contributed by atoms with Crippen LogP contribution in [0, 0.1) is 0 Å². The highest BCUT2D eigenvalue weighted by Gasteiger charge is 2.08. The fraction of sp³-hybridized carbons (Fsp3) is 0.375. The molecular weight excluding hydrogens is 255 g/mol. The summed E-state index contributed by atoms with van der Waals surface area (Å²) in [4.78, 5) is 4.04. The molecular formula is C8H12BrClN2O. The molecule has 0 bridgehead atoms. The van der Waals surface area contributed by atoms with E-state index in [2.05, 4.69) is 20.9 Å². The average Bonchev–Trinajstić information content (AvgIpc) is 2.05. The van der Waals surface area contributed by atoms with E-state index in [1.165, 1.54) is 0 Å². The number of halogens is 2. The topological polar surface area (TPSA) is 59.1 Å². The predicted molar refractivity (Wildman–Crippen MR) is 57.8 cm³/mol. The van der Waals surface area contributed by atoms with E-state index in [-0.39, 0.29) is 25.1 Å². The van der Waals surface area contributed by atoms with Crippen molar-refractivity contribution in [1.82, 2.24) is 4.98 Å². The van der Waals surface area contributed by atoms with Gasteiger partial charge in [-0.25, -0.2) is 4.98 Å². The van der Waals surface area contributed by atoms with Crippen LogP contribution in [0.15, 0.2) is 22.9 Å². The van der Waals surface area contributed by atoms with Crippen molar-refractivity contribution >= 4 is 28.3 Å². The monoisotopic (exact) mass is 266 g/mol. The molecule has 0 unspecified atom stereocenters. The molecule has 0 saturated heterocycles. The maximum atomic E-state index is 8.67. The molecule has 0 aliphatic carbocycles. The molecule has 5 heteroatoms. The van der Waals surface area contributed by atoms with Crippen LogP contribution in [0.1, 0.15) is 18.0 Å². The van der Waals surface area contributed by atoms with E-state index in [0.717, 1.165) is 10.2 Å². The summed E-state index contributed by atoms with van der Waals surface area (Å²) in [6.45, 7) is 0.0997. The molecule has 1 heterocycles. The van der Waals surface area contributed by atoms with Crippen molar-refractivity contribution in [3.8, 4) is 0 Å². The van der Waals surface area contributed by atoms with Gasteiger partial charge >= 0.3 is 0 Å². The molecule has 3 nitrogen and oxygen atoms in total. The molecule has 0 saturated carbocycles. The zero-order valence-corrected chi connectivity index (χ0v) is 9.38. The van der Waals surface area contributed by atoms with Crippen LogP contribution in [0.25, 0.3) is 0 Å². The molecule has 0 spiro atoms. The van der Waals surface area contributed by atoms with E-state index in [9.17, 15) is 0 Å². The van der Waals surface area contributed by atoms with Gasteiger partial charge in [0.1, 0.15) is 4.60 Å². The first kappa shape index (κ1) is 12.8. The number of nitrogens with two attached hydrogens (primary N) is 1. The fourth-order valence-corrected chi connectivity index (χ4v) is 1.51. The number of aliphatic hydroxyl groups is 1. The van der Waals surface area contributed by atoms with E-state index in [1.54, 1.807) is 6.20 Å². The van der Waals surface area contributed by atoms with Crippen LogP contribution in [-0.2, 0) is 0 Å².